The van der Waals surface area contributed by atoms with Crippen molar-refractivity contribution in [1.29, 1.82) is 0 Å². The molecule has 0 radical (unpaired) electrons. The maximum absolute atomic E-state index is 12.2. The number of hydrogen-bond donors (Lipinski definition) is 2. The molecule has 4 nitrogen and oxygen atoms in total. The second-order valence-corrected chi connectivity index (χ2v) is 6.14. The maximum atomic E-state index is 12.2. The summed E-state index contributed by atoms with van der Waals surface area (Å²) in [6, 6.07) is 23.4. The predicted octanol–water partition coefficient (Wildman–Crippen LogP) is 4.93. The summed E-state index contributed by atoms with van der Waals surface area (Å²) in [7, 11) is 1.65. The van der Waals surface area contributed by atoms with Gasteiger partial charge in [-0.1, -0.05) is 29.8 Å². The molecular weight excluding hydrogens is 324 g/mol. The molecule has 0 aromatic heterocycles. The SMILES string of the molecule is COc1ccc(Nc2ccc(NC(=O)Cc3cccc(C)c3)cc2)cc1. The van der Waals surface area contributed by atoms with Gasteiger partial charge in [0.2, 0.25) is 5.91 Å². The second kappa shape index (κ2) is 8.21. The number of amides is 1. The molecule has 2 N–H and O–H groups in total. The highest BCUT2D eigenvalue weighted by atomic mass is 16.5. The summed E-state index contributed by atoms with van der Waals surface area (Å²) in [4.78, 5) is 12.2. The van der Waals surface area contributed by atoms with E-state index in [9.17, 15) is 4.79 Å². The van der Waals surface area contributed by atoms with Gasteiger partial charge in [-0.25, -0.2) is 0 Å². The van der Waals surface area contributed by atoms with E-state index >= 15 is 0 Å². The number of anilines is 3. The first-order valence-electron chi connectivity index (χ1n) is 8.49. The van der Waals surface area contributed by atoms with Crippen molar-refractivity contribution < 1.29 is 9.53 Å². The minimum atomic E-state index is -0.0218. The van der Waals surface area contributed by atoms with Crippen LogP contribution in [0.5, 0.6) is 5.75 Å². The number of rotatable bonds is 6. The molecule has 4 heteroatoms. The Bertz CT molecular complexity index is 871. The lowest BCUT2D eigenvalue weighted by molar-refractivity contribution is -0.115. The Balaban J connectivity index is 1.57. The first-order valence-corrected chi connectivity index (χ1v) is 8.49. The van der Waals surface area contributed by atoms with Crippen LogP contribution in [0.1, 0.15) is 11.1 Å². The van der Waals surface area contributed by atoms with E-state index < -0.39 is 0 Å². The molecule has 26 heavy (non-hydrogen) atoms. The fourth-order valence-corrected chi connectivity index (χ4v) is 2.69. The van der Waals surface area contributed by atoms with Gasteiger partial charge >= 0.3 is 0 Å². The third-order valence-corrected chi connectivity index (χ3v) is 3.99. The summed E-state index contributed by atoms with van der Waals surface area (Å²) in [5, 5.41) is 6.25. The van der Waals surface area contributed by atoms with Crippen LogP contribution >= 0.6 is 0 Å². The van der Waals surface area contributed by atoms with E-state index in [0.717, 1.165) is 33.9 Å². The predicted molar refractivity (Wildman–Crippen MR) is 106 cm³/mol. The average molecular weight is 346 g/mol. The minimum Gasteiger partial charge on any atom is -0.497 e. The monoisotopic (exact) mass is 346 g/mol. The van der Waals surface area contributed by atoms with Gasteiger partial charge in [-0.3, -0.25) is 4.79 Å². The Morgan fingerprint density at radius 3 is 2.12 bits per heavy atom. The molecule has 0 fully saturated rings. The molecule has 0 bridgehead atoms. The topological polar surface area (TPSA) is 50.4 Å². The standard InChI is InChI=1S/C22H22N2O2/c1-16-4-3-5-17(14-16)15-22(25)24-20-8-6-18(7-9-20)23-19-10-12-21(26-2)13-11-19/h3-14,23H,15H2,1-2H3,(H,24,25). The molecule has 132 valence electrons. The molecule has 0 unspecified atom stereocenters. The minimum absolute atomic E-state index is 0.0218. The fraction of sp³-hybridized carbons (Fsp3) is 0.136. The van der Waals surface area contributed by atoms with Gasteiger partial charge in [0.1, 0.15) is 5.75 Å². The van der Waals surface area contributed by atoms with E-state index in [1.165, 1.54) is 0 Å². The molecule has 0 saturated carbocycles. The van der Waals surface area contributed by atoms with Crippen molar-refractivity contribution in [3.05, 3.63) is 83.9 Å². The number of carbonyl (C=O) groups is 1. The molecule has 3 aromatic carbocycles. The summed E-state index contributed by atoms with van der Waals surface area (Å²) in [6.07, 6.45) is 0.369. The van der Waals surface area contributed by atoms with Gasteiger partial charge in [0.25, 0.3) is 0 Å². The first kappa shape index (κ1) is 17.5. The largest absolute Gasteiger partial charge is 0.497 e. The van der Waals surface area contributed by atoms with Crippen LogP contribution in [-0.4, -0.2) is 13.0 Å². The number of carbonyl (C=O) groups excluding carboxylic acids is 1. The lowest BCUT2D eigenvalue weighted by Crippen LogP contribution is -2.14. The van der Waals surface area contributed by atoms with Gasteiger partial charge in [-0.05, 0) is 61.0 Å². The van der Waals surface area contributed by atoms with Crippen molar-refractivity contribution >= 4 is 23.0 Å². The van der Waals surface area contributed by atoms with E-state index in [2.05, 4.69) is 10.6 Å². The smallest absolute Gasteiger partial charge is 0.228 e. The highest BCUT2D eigenvalue weighted by Gasteiger charge is 2.05. The zero-order chi connectivity index (χ0) is 18.4. The van der Waals surface area contributed by atoms with Crippen LogP contribution in [0, 0.1) is 6.92 Å². The average Bonchev–Trinajstić information content (AvgIpc) is 2.64. The Morgan fingerprint density at radius 2 is 1.50 bits per heavy atom. The number of nitrogens with one attached hydrogen (secondary N) is 2. The zero-order valence-corrected chi connectivity index (χ0v) is 15.0. The molecule has 1 amide bonds. The van der Waals surface area contributed by atoms with E-state index in [0.29, 0.717) is 6.42 Å². The lowest BCUT2D eigenvalue weighted by Gasteiger charge is -2.09. The molecule has 3 rings (SSSR count). The van der Waals surface area contributed by atoms with Crippen molar-refractivity contribution in [3.63, 3.8) is 0 Å². The Labute approximate surface area is 153 Å². The number of methoxy groups -OCH3 is 1. The quantitative estimate of drug-likeness (QED) is 0.665. The summed E-state index contributed by atoms with van der Waals surface area (Å²) in [6.45, 7) is 2.02. The van der Waals surface area contributed by atoms with Crippen LogP contribution in [0.25, 0.3) is 0 Å². The molecule has 0 heterocycles. The van der Waals surface area contributed by atoms with Crippen LogP contribution in [-0.2, 0) is 11.2 Å². The Morgan fingerprint density at radius 1 is 0.885 bits per heavy atom. The van der Waals surface area contributed by atoms with E-state index in [1.807, 2.05) is 79.7 Å². The number of hydrogen-bond acceptors (Lipinski definition) is 3. The van der Waals surface area contributed by atoms with Crippen LogP contribution in [0.4, 0.5) is 17.1 Å². The number of aryl methyl sites for hydroxylation is 1. The molecular formula is C22H22N2O2. The van der Waals surface area contributed by atoms with E-state index in [4.69, 9.17) is 4.74 Å². The molecule has 0 aliphatic carbocycles. The maximum Gasteiger partial charge on any atom is 0.228 e. The van der Waals surface area contributed by atoms with Gasteiger partial charge in [0, 0.05) is 17.1 Å². The number of benzene rings is 3. The van der Waals surface area contributed by atoms with Crippen LogP contribution in [0.3, 0.4) is 0 Å². The van der Waals surface area contributed by atoms with Gasteiger partial charge in [0.15, 0.2) is 0 Å². The van der Waals surface area contributed by atoms with Crippen LogP contribution < -0.4 is 15.4 Å². The number of ether oxygens (including phenoxy) is 1. The lowest BCUT2D eigenvalue weighted by atomic mass is 10.1. The molecule has 0 aliphatic heterocycles. The highest BCUT2D eigenvalue weighted by molar-refractivity contribution is 5.92. The summed E-state index contributed by atoms with van der Waals surface area (Å²) in [5.41, 5.74) is 4.88. The van der Waals surface area contributed by atoms with E-state index in [-0.39, 0.29) is 5.91 Å². The van der Waals surface area contributed by atoms with Gasteiger partial charge in [0.05, 0.1) is 13.5 Å². The normalized spacial score (nSPS) is 10.2. The summed E-state index contributed by atoms with van der Waals surface area (Å²) >= 11 is 0. The summed E-state index contributed by atoms with van der Waals surface area (Å²) in [5.74, 6) is 0.800. The molecule has 0 aliphatic rings. The van der Waals surface area contributed by atoms with Crippen molar-refractivity contribution in [2.75, 3.05) is 17.7 Å². The second-order valence-electron chi connectivity index (χ2n) is 6.14. The molecule has 0 saturated heterocycles. The molecule has 0 atom stereocenters. The van der Waals surface area contributed by atoms with Crippen molar-refractivity contribution in [1.82, 2.24) is 0 Å². The molecule has 0 spiro atoms. The van der Waals surface area contributed by atoms with Gasteiger partial charge in [-0.2, -0.15) is 0 Å². The Hall–Kier alpha value is -3.27. The third-order valence-electron chi connectivity index (χ3n) is 3.99. The van der Waals surface area contributed by atoms with Crippen molar-refractivity contribution in [2.24, 2.45) is 0 Å². The van der Waals surface area contributed by atoms with Crippen LogP contribution in [0.15, 0.2) is 72.8 Å². The highest BCUT2D eigenvalue weighted by Crippen LogP contribution is 2.21. The zero-order valence-electron chi connectivity index (χ0n) is 15.0. The first-order chi connectivity index (χ1) is 12.6. The fourth-order valence-electron chi connectivity index (χ4n) is 2.69. The van der Waals surface area contributed by atoms with Crippen molar-refractivity contribution in [2.45, 2.75) is 13.3 Å². The van der Waals surface area contributed by atoms with E-state index in [1.54, 1.807) is 7.11 Å². The van der Waals surface area contributed by atoms with Gasteiger partial charge in [-0.15, -0.1) is 0 Å². The van der Waals surface area contributed by atoms with Gasteiger partial charge < -0.3 is 15.4 Å². The Kier molecular flexibility index (Phi) is 5.54. The molecule has 3 aromatic rings. The van der Waals surface area contributed by atoms with Crippen LogP contribution in [0.2, 0.25) is 0 Å². The van der Waals surface area contributed by atoms with Crippen molar-refractivity contribution in [3.8, 4) is 5.75 Å². The third kappa shape index (κ3) is 4.86. The summed E-state index contributed by atoms with van der Waals surface area (Å²) < 4.78 is 5.15.